The third-order valence-electron chi connectivity index (χ3n) is 1.80. The van der Waals surface area contributed by atoms with E-state index < -0.39 is 5.91 Å². The molecule has 3 N–H and O–H groups in total. The Morgan fingerprint density at radius 3 is 2.50 bits per heavy atom. The second-order valence-corrected chi connectivity index (χ2v) is 2.90. The number of hydrogen-bond donors (Lipinski definition) is 2. The molecular formula is C11H13NO2. The SMILES string of the molecule is NC(=O)c1ccc(C=CCCO)cc1. The Morgan fingerprint density at radius 2 is 2.00 bits per heavy atom. The Morgan fingerprint density at radius 1 is 1.36 bits per heavy atom. The zero-order valence-electron chi connectivity index (χ0n) is 7.81. The first-order valence-electron chi connectivity index (χ1n) is 4.41. The lowest BCUT2D eigenvalue weighted by atomic mass is 10.1. The number of amides is 1. The molecule has 0 heterocycles. The van der Waals surface area contributed by atoms with E-state index in [0.717, 1.165) is 5.56 Å². The van der Waals surface area contributed by atoms with Crippen LogP contribution in [-0.2, 0) is 0 Å². The van der Waals surface area contributed by atoms with Crippen molar-refractivity contribution in [1.29, 1.82) is 0 Å². The lowest BCUT2D eigenvalue weighted by Crippen LogP contribution is -2.10. The lowest BCUT2D eigenvalue weighted by molar-refractivity contribution is 0.100. The predicted molar refractivity (Wildman–Crippen MR) is 55.7 cm³/mol. The van der Waals surface area contributed by atoms with Gasteiger partial charge in [-0.3, -0.25) is 4.79 Å². The normalized spacial score (nSPS) is 10.6. The standard InChI is InChI=1S/C11H13NO2/c12-11(14)10-6-4-9(5-7-10)3-1-2-8-13/h1,3-7,13H,2,8H2,(H2,12,14). The Balaban J connectivity index is 2.68. The van der Waals surface area contributed by atoms with Crippen molar-refractivity contribution in [2.45, 2.75) is 6.42 Å². The summed E-state index contributed by atoms with van der Waals surface area (Å²) in [7, 11) is 0. The van der Waals surface area contributed by atoms with E-state index in [2.05, 4.69) is 0 Å². The third kappa shape index (κ3) is 3.03. The fourth-order valence-electron chi connectivity index (χ4n) is 1.05. The van der Waals surface area contributed by atoms with Gasteiger partial charge >= 0.3 is 0 Å². The van der Waals surface area contributed by atoms with Crippen LogP contribution in [0.3, 0.4) is 0 Å². The van der Waals surface area contributed by atoms with Gasteiger partial charge in [-0.25, -0.2) is 0 Å². The molecule has 0 bridgehead atoms. The highest BCUT2D eigenvalue weighted by atomic mass is 16.2. The van der Waals surface area contributed by atoms with Crippen molar-refractivity contribution in [2.75, 3.05) is 6.61 Å². The summed E-state index contributed by atoms with van der Waals surface area (Å²) in [4.78, 5) is 10.7. The van der Waals surface area contributed by atoms with Crippen molar-refractivity contribution in [1.82, 2.24) is 0 Å². The smallest absolute Gasteiger partial charge is 0.248 e. The molecule has 0 radical (unpaired) electrons. The molecule has 0 saturated carbocycles. The van der Waals surface area contributed by atoms with Gasteiger partial charge in [-0.05, 0) is 24.1 Å². The Labute approximate surface area is 82.9 Å². The van der Waals surface area contributed by atoms with Crippen LogP contribution in [0.4, 0.5) is 0 Å². The van der Waals surface area contributed by atoms with E-state index in [4.69, 9.17) is 10.8 Å². The molecule has 0 aliphatic heterocycles. The van der Waals surface area contributed by atoms with Gasteiger partial charge in [0.2, 0.25) is 5.91 Å². The molecule has 74 valence electrons. The minimum absolute atomic E-state index is 0.149. The van der Waals surface area contributed by atoms with Gasteiger partial charge in [0.15, 0.2) is 0 Å². The van der Waals surface area contributed by atoms with Gasteiger partial charge < -0.3 is 10.8 Å². The second-order valence-electron chi connectivity index (χ2n) is 2.90. The average Bonchev–Trinajstić information content (AvgIpc) is 2.19. The van der Waals surface area contributed by atoms with Gasteiger partial charge in [0.25, 0.3) is 0 Å². The molecular weight excluding hydrogens is 178 g/mol. The van der Waals surface area contributed by atoms with E-state index in [9.17, 15) is 4.79 Å². The minimum atomic E-state index is -0.420. The van der Waals surface area contributed by atoms with Gasteiger partial charge in [-0.2, -0.15) is 0 Å². The van der Waals surface area contributed by atoms with E-state index in [1.807, 2.05) is 24.3 Å². The largest absolute Gasteiger partial charge is 0.396 e. The summed E-state index contributed by atoms with van der Waals surface area (Å²) in [5.41, 5.74) is 6.59. The summed E-state index contributed by atoms with van der Waals surface area (Å²) in [6.45, 7) is 0.149. The molecule has 0 unspecified atom stereocenters. The van der Waals surface area contributed by atoms with Crippen molar-refractivity contribution in [2.24, 2.45) is 5.73 Å². The molecule has 1 amide bonds. The molecule has 0 atom stereocenters. The number of carbonyl (C=O) groups excluding carboxylic acids is 1. The van der Waals surface area contributed by atoms with Crippen LogP contribution in [0.2, 0.25) is 0 Å². The zero-order valence-corrected chi connectivity index (χ0v) is 7.81. The first kappa shape index (κ1) is 10.5. The van der Waals surface area contributed by atoms with Crippen molar-refractivity contribution < 1.29 is 9.90 Å². The predicted octanol–water partition coefficient (Wildman–Crippen LogP) is 1.18. The van der Waals surface area contributed by atoms with Crippen LogP contribution in [-0.4, -0.2) is 17.6 Å². The van der Waals surface area contributed by atoms with Crippen LogP contribution in [0.1, 0.15) is 22.3 Å². The van der Waals surface area contributed by atoms with Crippen LogP contribution in [0.25, 0.3) is 6.08 Å². The lowest BCUT2D eigenvalue weighted by Gasteiger charge is -1.96. The molecule has 0 fully saturated rings. The van der Waals surface area contributed by atoms with Crippen LogP contribution in [0.15, 0.2) is 30.3 Å². The topological polar surface area (TPSA) is 63.3 Å². The van der Waals surface area contributed by atoms with Crippen LogP contribution < -0.4 is 5.73 Å². The molecule has 0 saturated heterocycles. The summed E-state index contributed by atoms with van der Waals surface area (Å²) in [5, 5.41) is 8.55. The third-order valence-corrected chi connectivity index (χ3v) is 1.80. The molecule has 1 aromatic carbocycles. The molecule has 14 heavy (non-hydrogen) atoms. The maximum Gasteiger partial charge on any atom is 0.248 e. The summed E-state index contributed by atoms with van der Waals surface area (Å²) < 4.78 is 0. The van der Waals surface area contributed by atoms with E-state index in [-0.39, 0.29) is 6.61 Å². The molecule has 0 spiro atoms. The molecule has 1 rings (SSSR count). The molecule has 0 aliphatic rings. The second kappa shape index (κ2) is 5.19. The number of nitrogens with two attached hydrogens (primary N) is 1. The van der Waals surface area contributed by atoms with Crippen LogP contribution >= 0.6 is 0 Å². The Hall–Kier alpha value is -1.61. The molecule has 0 aliphatic carbocycles. The quantitative estimate of drug-likeness (QED) is 0.750. The number of rotatable bonds is 4. The number of carbonyl (C=O) groups is 1. The molecule has 0 aromatic heterocycles. The van der Waals surface area contributed by atoms with Gasteiger partial charge in [0, 0.05) is 12.2 Å². The average molecular weight is 191 g/mol. The summed E-state index contributed by atoms with van der Waals surface area (Å²) in [6.07, 6.45) is 4.40. The van der Waals surface area contributed by atoms with Crippen LogP contribution in [0, 0.1) is 0 Å². The highest BCUT2D eigenvalue weighted by Crippen LogP contribution is 2.05. The van der Waals surface area contributed by atoms with Crippen molar-refractivity contribution in [3.05, 3.63) is 41.5 Å². The Bertz CT molecular complexity index is 328. The highest BCUT2D eigenvalue weighted by Gasteiger charge is 1.97. The first-order valence-corrected chi connectivity index (χ1v) is 4.41. The van der Waals surface area contributed by atoms with Gasteiger partial charge in [0.05, 0.1) is 0 Å². The van der Waals surface area contributed by atoms with Gasteiger partial charge in [-0.15, -0.1) is 0 Å². The van der Waals surface area contributed by atoms with Gasteiger partial charge in [-0.1, -0.05) is 24.3 Å². The minimum Gasteiger partial charge on any atom is -0.396 e. The monoisotopic (exact) mass is 191 g/mol. The highest BCUT2D eigenvalue weighted by molar-refractivity contribution is 5.92. The van der Waals surface area contributed by atoms with E-state index >= 15 is 0 Å². The van der Waals surface area contributed by atoms with Crippen molar-refractivity contribution in [3.63, 3.8) is 0 Å². The fraction of sp³-hybridized carbons (Fsp3) is 0.182. The number of primary amides is 1. The Kier molecular flexibility index (Phi) is 3.88. The summed E-state index contributed by atoms with van der Waals surface area (Å²) in [5.74, 6) is -0.420. The molecule has 3 heteroatoms. The van der Waals surface area contributed by atoms with Crippen LogP contribution in [0.5, 0.6) is 0 Å². The number of aliphatic hydroxyl groups excluding tert-OH is 1. The summed E-state index contributed by atoms with van der Waals surface area (Å²) in [6, 6.07) is 6.99. The number of aliphatic hydroxyl groups is 1. The fourth-order valence-corrected chi connectivity index (χ4v) is 1.05. The number of hydrogen-bond acceptors (Lipinski definition) is 2. The molecule has 1 aromatic rings. The van der Waals surface area contributed by atoms with E-state index in [0.29, 0.717) is 12.0 Å². The van der Waals surface area contributed by atoms with E-state index in [1.165, 1.54) is 0 Å². The maximum absolute atomic E-state index is 10.7. The maximum atomic E-state index is 10.7. The summed E-state index contributed by atoms with van der Waals surface area (Å²) >= 11 is 0. The first-order chi connectivity index (χ1) is 6.74. The van der Waals surface area contributed by atoms with E-state index in [1.54, 1.807) is 12.1 Å². The van der Waals surface area contributed by atoms with Gasteiger partial charge in [0.1, 0.15) is 0 Å². The number of benzene rings is 1. The van der Waals surface area contributed by atoms with Crippen molar-refractivity contribution in [3.8, 4) is 0 Å². The van der Waals surface area contributed by atoms with Crippen molar-refractivity contribution >= 4 is 12.0 Å². The zero-order chi connectivity index (χ0) is 10.4. The molecule has 3 nitrogen and oxygen atoms in total.